The topological polar surface area (TPSA) is 76.1 Å². The first-order valence-electron chi connectivity index (χ1n) is 9.16. The van der Waals surface area contributed by atoms with Crippen molar-refractivity contribution in [2.45, 2.75) is 33.8 Å². The number of ether oxygens (including phenoxy) is 1. The molecule has 144 valence electrons. The van der Waals surface area contributed by atoms with Gasteiger partial charge in [0.1, 0.15) is 11.4 Å². The summed E-state index contributed by atoms with van der Waals surface area (Å²) in [6.45, 7) is 7.94. The fourth-order valence-electron chi connectivity index (χ4n) is 2.70. The number of nitrogens with zero attached hydrogens (tertiary/aromatic N) is 2. The van der Waals surface area contributed by atoms with Crippen molar-refractivity contribution in [3.05, 3.63) is 71.5 Å². The van der Waals surface area contributed by atoms with Crippen molar-refractivity contribution in [2.75, 3.05) is 10.6 Å². The third-order valence-electron chi connectivity index (χ3n) is 4.00. The summed E-state index contributed by atoms with van der Waals surface area (Å²) in [5.74, 6) is 0.868. The van der Waals surface area contributed by atoms with E-state index >= 15 is 0 Å². The van der Waals surface area contributed by atoms with E-state index in [1.165, 1.54) is 0 Å². The Morgan fingerprint density at radius 1 is 1.04 bits per heavy atom. The van der Waals surface area contributed by atoms with Crippen LogP contribution in [-0.4, -0.2) is 22.0 Å². The minimum atomic E-state index is -0.280. The Morgan fingerprint density at radius 2 is 1.79 bits per heavy atom. The lowest BCUT2D eigenvalue weighted by atomic mass is 10.1. The monoisotopic (exact) mass is 376 g/mol. The largest absolute Gasteiger partial charge is 0.491 e. The van der Waals surface area contributed by atoms with Crippen LogP contribution in [0.4, 0.5) is 17.3 Å². The Labute approximate surface area is 165 Å². The maximum atomic E-state index is 12.6. The molecule has 2 N–H and O–H groups in total. The van der Waals surface area contributed by atoms with Crippen molar-refractivity contribution in [1.82, 2.24) is 9.97 Å². The first-order valence-corrected chi connectivity index (χ1v) is 9.16. The lowest BCUT2D eigenvalue weighted by Crippen LogP contribution is -2.15. The van der Waals surface area contributed by atoms with Gasteiger partial charge in [-0.2, -0.15) is 0 Å². The van der Waals surface area contributed by atoms with E-state index in [1.54, 1.807) is 12.3 Å². The Balaban J connectivity index is 1.70. The molecule has 0 aliphatic heterocycles. The number of anilines is 3. The van der Waals surface area contributed by atoms with Crippen LogP contribution in [0.2, 0.25) is 0 Å². The molecule has 1 aromatic heterocycles. The number of carbonyl (C=O) groups excluding carboxylic acids is 1. The van der Waals surface area contributed by atoms with Gasteiger partial charge in [-0.05, 0) is 69.7 Å². The predicted octanol–water partition coefficient (Wildman–Crippen LogP) is 4.88. The van der Waals surface area contributed by atoms with Gasteiger partial charge in [-0.1, -0.05) is 17.7 Å². The summed E-state index contributed by atoms with van der Waals surface area (Å²) in [5, 5.41) is 6.00. The van der Waals surface area contributed by atoms with Gasteiger partial charge < -0.3 is 15.4 Å². The maximum Gasteiger partial charge on any atom is 0.274 e. The Kier molecular flexibility index (Phi) is 5.89. The van der Waals surface area contributed by atoms with Gasteiger partial charge in [-0.15, -0.1) is 0 Å². The van der Waals surface area contributed by atoms with Crippen molar-refractivity contribution in [3.63, 3.8) is 0 Å². The van der Waals surface area contributed by atoms with Crippen molar-refractivity contribution >= 4 is 23.2 Å². The summed E-state index contributed by atoms with van der Waals surface area (Å²) in [4.78, 5) is 21.1. The highest BCUT2D eigenvalue weighted by Crippen LogP contribution is 2.20. The highest BCUT2D eigenvalue weighted by molar-refractivity contribution is 6.03. The van der Waals surface area contributed by atoms with Gasteiger partial charge in [-0.25, -0.2) is 9.97 Å². The lowest BCUT2D eigenvalue weighted by molar-refractivity contribution is 0.102. The minimum absolute atomic E-state index is 0.120. The molecule has 0 aliphatic carbocycles. The number of benzene rings is 2. The number of amides is 1. The maximum absolute atomic E-state index is 12.6. The molecule has 0 spiro atoms. The molecular weight excluding hydrogens is 352 g/mol. The number of aromatic nitrogens is 2. The normalized spacial score (nSPS) is 10.6. The van der Waals surface area contributed by atoms with Gasteiger partial charge in [0.15, 0.2) is 0 Å². The smallest absolute Gasteiger partial charge is 0.274 e. The Bertz CT molecular complexity index is 969. The zero-order chi connectivity index (χ0) is 20.1. The molecule has 1 heterocycles. The molecule has 3 rings (SSSR count). The Morgan fingerprint density at radius 3 is 2.46 bits per heavy atom. The molecule has 0 saturated heterocycles. The van der Waals surface area contributed by atoms with Crippen LogP contribution in [0, 0.1) is 13.8 Å². The predicted molar refractivity (Wildman–Crippen MR) is 111 cm³/mol. The fourth-order valence-corrected chi connectivity index (χ4v) is 2.70. The van der Waals surface area contributed by atoms with Crippen molar-refractivity contribution in [2.24, 2.45) is 0 Å². The first-order chi connectivity index (χ1) is 13.4. The molecule has 0 saturated carbocycles. The van der Waals surface area contributed by atoms with Crippen LogP contribution in [0.5, 0.6) is 5.75 Å². The van der Waals surface area contributed by atoms with Crippen LogP contribution in [0.3, 0.4) is 0 Å². The van der Waals surface area contributed by atoms with E-state index < -0.39 is 0 Å². The Hall–Kier alpha value is -3.41. The number of aryl methyl sites for hydroxylation is 2. The summed E-state index contributed by atoms with van der Waals surface area (Å²) < 4.78 is 5.63. The van der Waals surface area contributed by atoms with E-state index in [4.69, 9.17) is 4.74 Å². The van der Waals surface area contributed by atoms with Gasteiger partial charge >= 0.3 is 0 Å². The second-order valence-electron chi connectivity index (χ2n) is 6.85. The van der Waals surface area contributed by atoms with E-state index in [2.05, 4.69) is 20.6 Å². The van der Waals surface area contributed by atoms with Crippen LogP contribution < -0.4 is 15.4 Å². The molecule has 3 aromatic rings. The molecule has 28 heavy (non-hydrogen) atoms. The van der Waals surface area contributed by atoms with Gasteiger partial charge in [-0.3, -0.25) is 4.79 Å². The summed E-state index contributed by atoms with van der Waals surface area (Å²) in [6.07, 6.45) is 1.68. The van der Waals surface area contributed by atoms with E-state index in [9.17, 15) is 4.79 Å². The van der Waals surface area contributed by atoms with Crippen molar-refractivity contribution in [1.29, 1.82) is 0 Å². The number of carbonyl (C=O) groups is 1. The third-order valence-corrected chi connectivity index (χ3v) is 4.00. The summed E-state index contributed by atoms with van der Waals surface area (Å²) in [5.41, 5.74) is 4.02. The van der Waals surface area contributed by atoms with Crippen LogP contribution >= 0.6 is 0 Å². The average molecular weight is 376 g/mol. The quantitative estimate of drug-likeness (QED) is 0.641. The molecule has 6 nitrogen and oxygen atoms in total. The molecule has 0 bridgehead atoms. The van der Waals surface area contributed by atoms with Crippen LogP contribution in [-0.2, 0) is 0 Å². The molecule has 0 unspecified atom stereocenters. The van der Waals surface area contributed by atoms with Crippen molar-refractivity contribution < 1.29 is 9.53 Å². The second kappa shape index (κ2) is 8.52. The first kappa shape index (κ1) is 19.4. The average Bonchev–Trinajstić information content (AvgIpc) is 2.65. The zero-order valence-electron chi connectivity index (χ0n) is 16.5. The van der Waals surface area contributed by atoms with E-state index in [1.807, 2.05) is 70.2 Å². The second-order valence-corrected chi connectivity index (χ2v) is 6.85. The van der Waals surface area contributed by atoms with Crippen LogP contribution in [0.15, 0.2) is 54.7 Å². The standard InChI is InChI=1S/C22H24N4O2/c1-14(2)28-18-8-6-17(7-9-18)24-22-23-12-11-20(26-22)21(27)25-19-10-5-15(3)13-16(19)4/h5-14H,1-4H3,(H,25,27)(H,23,24,26). The number of hydrogen-bond acceptors (Lipinski definition) is 5. The number of hydrogen-bond donors (Lipinski definition) is 2. The van der Waals surface area contributed by atoms with Gasteiger partial charge in [0.25, 0.3) is 5.91 Å². The van der Waals surface area contributed by atoms with Gasteiger partial charge in [0.05, 0.1) is 6.10 Å². The highest BCUT2D eigenvalue weighted by atomic mass is 16.5. The molecular formula is C22H24N4O2. The number of rotatable bonds is 6. The molecule has 0 atom stereocenters. The van der Waals surface area contributed by atoms with Crippen molar-refractivity contribution in [3.8, 4) is 5.75 Å². The molecule has 6 heteroatoms. The molecule has 0 aliphatic rings. The van der Waals surface area contributed by atoms with E-state index in [0.29, 0.717) is 5.95 Å². The van der Waals surface area contributed by atoms with Gasteiger partial charge in [0.2, 0.25) is 5.95 Å². The molecule has 2 aromatic carbocycles. The minimum Gasteiger partial charge on any atom is -0.491 e. The van der Waals surface area contributed by atoms with Crippen LogP contribution in [0.25, 0.3) is 0 Å². The third kappa shape index (κ3) is 5.07. The zero-order valence-corrected chi connectivity index (χ0v) is 16.5. The SMILES string of the molecule is Cc1ccc(NC(=O)c2ccnc(Nc3ccc(OC(C)C)cc3)n2)c(C)c1. The van der Waals surface area contributed by atoms with Crippen LogP contribution in [0.1, 0.15) is 35.5 Å². The highest BCUT2D eigenvalue weighted by Gasteiger charge is 2.11. The molecule has 0 fully saturated rings. The lowest BCUT2D eigenvalue weighted by Gasteiger charge is -2.11. The van der Waals surface area contributed by atoms with Gasteiger partial charge in [0, 0.05) is 17.6 Å². The van der Waals surface area contributed by atoms with E-state index in [-0.39, 0.29) is 17.7 Å². The summed E-state index contributed by atoms with van der Waals surface area (Å²) in [6, 6.07) is 15.0. The molecule has 1 amide bonds. The molecule has 0 radical (unpaired) electrons. The summed E-state index contributed by atoms with van der Waals surface area (Å²) >= 11 is 0. The summed E-state index contributed by atoms with van der Waals surface area (Å²) in [7, 11) is 0. The fraction of sp³-hybridized carbons (Fsp3) is 0.227. The number of nitrogens with one attached hydrogen (secondary N) is 2. The van der Waals surface area contributed by atoms with E-state index in [0.717, 1.165) is 28.3 Å².